The van der Waals surface area contributed by atoms with Crippen LogP contribution in [0.4, 0.5) is 13.2 Å². The van der Waals surface area contributed by atoms with Crippen LogP contribution in [0, 0.1) is 0 Å². The second kappa shape index (κ2) is 8.63. The fraction of sp³-hybridized carbons (Fsp3) is 0.385. The van der Waals surface area contributed by atoms with Crippen molar-refractivity contribution in [3.05, 3.63) is 35.8 Å². The molecule has 112 valence electrons. The molecule has 0 rings (SSSR count). The molecule has 0 aliphatic heterocycles. The van der Waals surface area contributed by atoms with E-state index in [1.54, 1.807) is 6.92 Å². The van der Waals surface area contributed by atoms with Gasteiger partial charge in [-0.1, -0.05) is 31.0 Å². The van der Waals surface area contributed by atoms with Crippen molar-refractivity contribution in [1.82, 2.24) is 5.32 Å². The maximum absolute atomic E-state index is 12.5. The summed E-state index contributed by atoms with van der Waals surface area (Å²) < 4.78 is 37.6. The summed E-state index contributed by atoms with van der Waals surface area (Å²) in [5.74, 6) is -0.238. The largest absolute Gasteiger partial charge is 0.416 e. The molecular formula is C13H17F3N2OS. The number of aliphatic imine (C=N–C) groups is 1. The van der Waals surface area contributed by atoms with Crippen LogP contribution in [0.2, 0.25) is 0 Å². The Morgan fingerprint density at radius 1 is 1.45 bits per heavy atom. The molecule has 0 aliphatic rings. The lowest BCUT2D eigenvalue weighted by molar-refractivity contribution is -0.118. The molecule has 0 atom stereocenters. The minimum Gasteiger partial charge on any atom is -0.350 e. The van der Waals surface area contributed by atoms with Gasteiger partial charge in [0.1, 0.15) is 0 Å². The molecule has 0 aliphatic carbocycles. The van der Waals surface area contributed by atoms with Crippen LogP contribution in [0.5, 0.6) is 0 Å². The van der Waals surface area contributed by atoms with Gasteiger partial charge < -0.3 is 5.32 Å². The lowest BCUT2D eigenvalue weighted by atomic mass is 10.2. The Morgan fingerprint density at radius 3 is 2.45 bits per heavy atom. The van der Waals surface area contributed by atoms with E-state index in [-0.39, 0.29) is 17.4 Å². The molecule has 3 nitrogen and oxygen atoms in total. The van der Waals surface area contributed by atoms with Gasteiger partial charge in [-0.25, -0.2) is 0 Å². The summed E-state index contributed by atoms with van der Waals surface area (Å²) in [4.78, 5) is 15.1. The number of hydrogen-bond donors (Lipinski definition) is 1. The highest BCUT2D eigenvalue weighted by Crippen LogP contribution is 2.29. The van der Waals surface area contributed by atoms with Gasteiger partial charge in [0, 0.05) is 18.4 Å². The summed E-state index contributed by atoms with van der Waals surface area (Å²) in [6.45, 7) is 10.4. The number of rotatable bonds is 6. The Labute approximate surface area is 120 Å². The van der Waals surface area contributed by atoms with E-state index in [0.717, 1.165) is 23.9 Å². The highest BCUT2D eigenvalue weighted by Gasteiger charge is 2.31. The fourth-order valence-electron chi connectivity index (χ4n) is 1.11. The molecule has 0 radical (unpaired) electrons. The number of alkyl halides is 3. The number of carbonyl (C=O) groups is 1. The minimum absolute atomic E-state index is 0.163. The molecule has 0 aromatic heterocycles. The highest BCUT2D eigenvalue weighted by atomic mass is 32.2. The second-order valence-electron chi connectivity index (χ2n) is 3.65. The van der Waals surface area contributed by atoms with Gasteiger partial charge in [-0.3, -0.25) is 9.79 Å². The summed E-state index contributed by atoms with van der Waals surface area (Å²) in [6, 6.07) is 0. The van der Waals surface area contributed by atoms with Crippen molar-refractivity contribution in [3.8, 4) is 0 Å². The van der Waals surface area contributed by atoms with Crippen molar-refractivity contribution in [3.63, 3.8) is 0 Å². The summed E-state index contributed by atoms with van der Waals surface area (Å²) in [7, 11) is 0. The monoisotopic (exact) mass is 306 g/mol. The average molecular weight is 306 g/mol. The second-order valence-corrected chi connectivity index (χ2v) is 4.85. The first-order valence-corrected chi connectivity index (χ1v) is 6.58. The van der Waals surface area contributed by atoms with E-state index < -0.39 is 11.7 Å². The molecule has 1 N–H and O–H groups in total. The van der Waals surface area contributed by atoms with Crippen LogP contribution in [0.3, 0.4) is 0 Å². The number of nitrogens with one attached hydrogen (secondary N) is 1. The van der Waals surface area contributed by atoms with Crippen LogP contribution < -0.4 is 5.32 Å². The van der Waals surface area contributed by atoms with Gasteiger partial charge in [0.25, 0.3) is 0 Å². The summed E-state index contributed by atoms with van der Waals surface area (Å²) in [5, 5.41) is 3.03. The Hall–Kier alpha value is -1.50. The van der Waals surface area contributed by atoms with Crippen molar-refractivity contribution in [2.75, 3.05) is 13.1 Å². The van der Waals surface area contributed by atoms with Gasteiger partial charge in [0.2, 0.25) is 5.91 Å². The SMILES string of the molecule is C=C/C(=C\C(=C)SC(CNC(C)=O)=NCC)C(F)(F)F. The van der Waals surface area contributed by atoms with E-state index in [4.69, 9.17) is 0 Å². The Bertz CT molecular complexity index is 439. The van der Waals surface area contributed by atoms with Gasteiger partial charge in [-0.05, 0) is 13.0 Å². The normalized spacial score (nSPS) is 13.1. The van der Waals surface area contributed by atoms with E-state index in [1.807, 2.05) is 0 Å². The van der Waals surface area contributed by atoms with E-state index in [1.165, 1.54) is 6.92 Å². The molecular weight excluding hydrogens is 289 g/mol. The number of carbonyl (C=O) groups excluding carboxylic acids is 1. The van der Waals surface area contributed by atoms with E-state index >= 15 is 0 Å². The predicted molar refractivity (Wildman–Crippen MR) is 77.7 cm³/mol. The van der Waals surface area contributed by atoms with Crippen LogP contribution in [-0.4, -0.2) is 30.2 Å². The van der Waals surface area contributed by atoms with Crippen molar-refractivity contribution in [2.45, 2.75) is 20.0 Å². The zero-order valence-electron chi connectivity index (χ0n) is 11.4. The average Bonchev–Trinajstić information content (AvgIpc) is 2.31. The van der Waals surface area contributed by atoms with Crippen molar-refractivity contribution >= 4 is 22.7 Å². The van der Waals surface area contributed by atoms with Gasteiger partial charge >= 0.3 is 6.18 Å². The van der Waals surface area contributed by atoms with Crippen LogP contribution in [0.25, 0.3) is 0 Å². The standard InChI is InChI=1S/C13H17F3N2OS/c1-5-11(13(14,15)16)7-9(3)20-12(17-6-2)8-18-10(4)19/h5,7H,1,3,6,8H2,2,4H3,(H,18,19)/b11-7+,17-12?. The minimum atomic E-state index is -4.47. The Balaban J connectivity index is 4.85. The van der Waals surface area contributed by atoms with Crippen LogP contribution >= 0.6 is 11.8 Å². The van der Waals surface area contributed by atoms with Gasteiger partial charge in [0.15, 0.2) is 0 Å². The van der Waals surface area contributed by atoms with E-state index in [9.17, 15) is 18.0 Å². The predicted octanol–water partition coefficient (Wildman–Crippen LogP) is 3.46. The van der Waals surface area contributed by atoms with Crippen LogP contribution in [0.1, 0.15) is 13.8 Å². The van der Waals surface area contributed by atoms with Crippen molar-refractivity contribution in [1.29, 1.82) is 0 Å². The molecule has 0 aromatic rings. The Morgan fingerprint density at radius 2 is 2.05 bits per heavy atom. The molecule has 0 aromatic carbocycles. The number of allylic oxidation sites excluding steroid dienone is 3. The molecule has 0 saturated heterocycles. The number of halogens is 3. The summed E-state index contributed by atoms with van der Waals surface area (Å²) >= 11 is 0.988. The van der Waals surface area contributed by atoms with E-state index in [2.05, 4.69) is 23.5 Å². The van der Waals surface area contributed by atoms with Crippen molar-refractivity contribution < 1.29 is 18.0 Å². The first-order chi connectivity index (χ1) is 9.20. The number of amides is 1. The maximum Gasteiger partial charge on any atom is 0.416 e. The molecule has 0 bridgehead atoms. The lowest BCUT2D eigenvalue weighted by Crippen LogP contribution is -2.25. The molecule has 20 heavy (non-hydrogen) atoms. The zero-order valence-corrected chi connectivity index (χ0v) is 12.2. The first kappa shape index (κ1) is 18.5. The topological polar surface area (TPSA) is 41.5 Å². The van der Waals surface area contributed by atoms with E-state index in [0.29, 0.717) is 11.6 Å². The molecule has 0 heterocycles. The molecule has 0 saturated carbocycles. The fourth-order valence-corrected chi connectivity index (χ4v) is 1.94. The van der Waals surface area contributed by atoms with Crippen LogP contribution in [0.15, 0.2) is 40.8 Å². The third-order valence-electron chi connectivity index (χ3n) is 1.94. The van der Waals surface area contributed by atoms with Gasteiger partial charge in [0.05, 0.1) is 17.2 Å². The van der Waals surface area contributed by atoms with Crippen molar-refractivity contribution in [2.24, 2.45) is 4.99 Å². The lowest BCUT2D eigenvalue weighted by Gasteiger charge is -2.10. The molecule has 0 fully saturated rings. The highest BCUT2D eigenvalue weighted by molar-refractivity contribution is 8.17. The van der Waals surface area contributed by atoms with Gasteiger partial charge in [-0.2, -0.15) is 13.2 Å². The molecule has 0 spiro atoms. The zero-order chi connectivity index (χ0) is 15.8. The molecule has 7 heteroatoms. The number of thioether (sulfide) groups is 1. The third kappa shape index (κ3) is 7.83. The summed E-state index contributed by atoms with van der Waals surface area (Å²) in [6.07, 6.45) is -2.84. The quantitative estimate of drug-likeness (QED) is 0.464. The first-order valence-electron chi connectivity index (χ1n) is 5.76. The van der Waals surface area contributed by atoms with Gasteiger partial charge in [-0.15, -0.1) is 0 Å². The smallest absolute Gasteiger partial charge is 0.350 e. The maximum atomic E-state index is 12.5. The number of hydrogen-bond acceptors (Lipinski definition) is 3. The number of nitrogens with zero attached hydrogens (tertiary/aromatic N) is 1. The third-order valence-corrected chi connectivity index (χ3v) is 2.82. The summed E-state index contributed by atoms with van der Waals surface area (Å²) in [5.41, 5.74) is -0.870. The molecule has 1 amide bonds. The van der Waals surface area contributed by atoms with Crippen LogP contribution in [-0.2, 0) is 4.79 Å². The Kier molecular flexibility index (Phi) is 7.98. The molecule has 0 unspecified atom stereocenters.